The largest absolute Gasteiger partial charge is 0.460 e. The van der Waals surface area contributed by atoms with Gasteiger partial charge in [-0.25, -0.2) is 4.79 Å². The van der Waals surface area contributed by atoms with Gasteiger partial charge < -0.3 is 9.26 Å². The summed E-state index contributed by atoms with van der Waals surface area (Å²) in [5, 5.41) is 3.47. The monoisotopic (exact) mass is 328 g/mol. The number of alkyl halides is 3. The molecule has 2 aromatic rings. The number of aromatic nitrogens is 2. The Balaban J connectivity index is 2.17. The Kier molecular flexibility index (Phi) is 5.02. The van der Waals surface area contributed by atoms with E-state index in [1.807, 2.05) is 0 Å². The van der Waals surface area contributed by atoms with Crippen LogP contribution in [0.5, 0.6) is 0 Å². The van der Waals surface area contributed by atoms with Crippen molar-refractivity contribution in [3.63, 3.8) is 0 Å². The van der Waals surface area contributed by atoms with Crippen LogP contribution in [0, 0.1) is 0 Å². The number of nitrogens with zero attached hydrogens (tertiary/aromatic N) is 2. The van der Waals surface area contributed by atoms with Gasteiger partial charge in [0.2, 0.25) is 5.89 Å². The first-order chi connectivity index (χ1) is 10.8. The zero-order chi connectivity index (χ0) is 17.0. The Morgan fingerprint density at radius 2 is 2.04 bits per heavy atom. The van der Waals surface area contributed by atoms with Crippen LogP contribution in [0.2, 0.25) is 0 Å². The smallest absolute Gasteiger partial charge is 0.416 e. The Bertz CT molecular complexity index is 683. The van der Waals surface area contributed by atoms with E-state index in [2.05, 4.69) is 10.1 Å². The van der Waals surface area contributed by atoms with Gasteiger partial charge in [-0.15, -0.1) is 0 Å². The second kappa shape index (κ2) is 6.80. The average molecular weight is 328 g/mol. The fourth-order valence-corrected chi connectivity index (χ4v) is 2.17. The van der Waals surface area contributed by atoms with Crippen molar-refractivity contribution in [3.8, 4) is 0 Å². The molecule has 0 N–H and O–H groups in total. The molecule has 5 nitrogen and oxygen atoms in total. The van der Waals surface area contributed by atoms with E-state index in [0.29, 0.717) is 0 Å². The van der Waals surface area contributed by atoms with E-state index in [1.165, 1.54) is 12.1 Å². The number of esters is 1. The van der Waals surface area contributed by atoms with Gasteiger partial charge in [0.1, 0.15) is 0 Å². The number of carbonyl (C=O) groups is 1. The highest BCUT2D eigenvalue weighted by Gasteiger charge is 2.34. The van der Waals surface area contributed by atoms with Crippen molar-refractivity contribution < 1.29 is 27.2 Å². The highest BCUT2D eigenvalue weighted by atomic mass is 19.4. The number of benzene rings is 1. The van der Waals surface area contributed by atoms with E-state index in [-0.39, 0.29) is 30.3 Å². The standard InChI is InChI=1S/C15H15F3N2O3/c1-3-22-14(21)13-19-12(23-20-13)8-9(2)10-6-4-5-7-11(10)15(16,17)18/h4-7,9H,3,8H2,1-2H3. The fourth-order valence-electron chi connectivity index (χ4n) is 2.17. The van der Waals surface area contributed by atoms with E-state index in [0.717, 1.165) is 6.07 Å². The Morgan fingerprint density at radius 1 is 1.35 bits per heavy atom. The molecule has 1 aromatic heterocycles. The van der Waals surface area contributed by atoms with Gasteiger partial charge in [0.15, 0.2) is 0 Å². The molecule has 0 radical (unpaired) electrons. The Hall–Kier alpha value is -2.38. The van der Waals surface area contributed by atoms with E-state index < -0.39 is 23.6 Å². The van der Waals surface area contributed by atoms with Crippen LogP contribution in [-0.2, 0) is 17.3 Å². The van der Waals surface area contributed by atoms with Crippen molar-refractivity contribution in [2.75, 3.05) is 6.61 Å². The second-order valence-electron chi connectivity index (χ2n) is 4.92. The first kappa shape index (κ1) is 17.0. The van der Waals surface area contributed by atoms with Gasteiger partial charge >= 0.3 is 12.1 Å². The highest BCUT2D eigenvalue weighted by molar-refractivity contribution is 5.84. The molecule has 0 aliphatic carbocycles. The van der Waals surface area contributed by atoms with Gasteiger partial charge in [-0.1, -0.05) is 25.1 Å². The Labute approximate surface area is 130 Å². The van der Waals surface area contributed by atoms with E-state index in [1.54, 1.807) is 19.9 Å². The summed E-state index contributed by atoms with van der Waals surface area (Å²) in [6.45, 7) is 3.42. The third kappa shape index (κ3) is 4.08. The molecule has 1 aromatic carbocycles. The quantitative estimate of drug-likeness (QED) is 0.785. The summed E-state index contributed by atoms with van der Waals surface area (Å²) >= 11 is 0. The van der Waals surface area contributed by atoms with E-state index in [4.69, 9.17) is 9.26 Å². The molecule has 0 saturated heterocycles. The van der Waals surface area contributed by atoms with Crippen molar-refractivity contribution in [1.82, 2.24) is 10.1 Å². The molecule has 0 aliphatic heterocycles. The third-order valence-corrected chi connectivity index (χ3v) is 3.20. The molecular formula is C15H15F3N2O3. The number of ether oxygens (including phenoxy) is 1. The van der Waals surface area contributed by atoms with Crippen LogP contribution in [0.3, 0.4) is 0 Å². The molecule has 1 atom stereocenters. The third-order valence-electron chi connectivity index (χ3n) is 3.20. The van der Waals surface area contributed by atoms with Gasteiger partial charge in [0.25, 0.3) is 5.82 Å². The molecule has 124 valence electrons. The van der Waals surface area contributed by atoms with Crippen LogP contribution in [0.1, 0.15) is 47.4 Å². The molecule has 23 heavy (non-hydrogen) atoms. The molecule has 0 saturated carbocycles. The van der Waals surface area contributed by atoms with E-state index >= 15 is 0 Å². The summed E-state index contributed by atoms with van der Waals surface area (Å²) in [6, 6.07) is 5.32. The lowest BCUT2D eigenvalue weighted by molar-refractivity contribution is -0.138. The maximum atomic E-state index is 13.0. The van der Waals surface area contributed by atoms with Crippen LogP contribution in [0.15, 0.2) is 28.8 Å². The maximum Gasteiger partial charge on any atom is 0.416 e. The topological polar surface area (TPSA) is 65.2 Å². The van der Waals surface area contributed by atoms with Crippen LogP contribution in [-0.4, -0.2) is 22.7 Å². The zero-order valence-electron chi connectivity index (χ0n) is 12.6. The maximum absolute atomic E-state index is 13.0. The molecule has 8 heteroatoms. The number of carbonyl (C=O) groups excluding carboxylic acids is 1. The van der Waals surface area contributed by atoms with Crippen molar-refractivity contribution in [1.29, 1.82) is 0 Å². The van der Waals surface area contributed by atoms with E-state index in [9.17, 15) is 18.0 Å². The van der Waals surface area contributed by atoms with Gasteiger partial charge in [-0.3, -0.25) is 0 Å². The lowest BCUT2D eigenvalue weighted by Gasteiger charge is -2.16. The lowest BCUT2D eigenvalue weighted by Crippen LogP contribution is -2.12. The minimum absolute atomic E-state index is 0.0810. The molecular weight excluding hydrogens is 313 g/mol. The Morgan fingerprint density at radius 3 is 2.70 bits per heavy atom. The minimum atomic E-state index is -4.43. The molecule has 1 unspecified atom stereocenters. The predicted molar refractivity (Wildman–Crippen MR) is 73.8 cm³/mol. The van der Waals surface area contributed by atoms with Gasteiger partial charge in [-0.05, 0) is 29.6 Å². The fraction of sp³-hybridized carbons (Fsp3) is 0.400. The summed E-state index contributed by atoms with van der Waals surface area (Å²) in [5.41, 5.74) is -0.562. The normalized spacial score (nSPS) is 12.9. The molecule has 2 rings (SSSR count). The number of hydrogen-bond donors (Lipinski definition) is 0. The average Bonchev–Trinajstić information content (AvgIpc) is 2.95. The number of halogens is 3. The number of hydrogen-bond acceptors (Lipinski definition) is 5. The van der Waals surface area contributed by atoms with Crippen LogP contribution >= 0.6 is 0 Å². The molecule has 0 fully saturated rings. The summed E-state index contributed by atoms with van der Waals surface area (Å²) < 4.78 is 48.7. The SMILES string of the molecule is CCOC(=O)c1noc(CC(C)c2ccccc2C(F)(F)F)n1. The van der Waals surface area contributed by atoms with Gasteiger partial charge in [-0.2, -0.15) is 18.2 Å². The highest BCUT2D eigenvalue weighted by Crippen LogP contribution is 2.35. The van der Waals surface area contributed by atoms with Crippen LogP contribution in [0.25, 0.3) is 0 Å². The summed E-state index contributed by atoms with van der Waals surface area (Å²) in [5.74, 6) is -1.40. The first-order valence-electron chi connectivity index (χ1n) is 6.98. The van der Waals surface area contributed by atoms with Crippen LogP contribution < -0.4 is 0 Å². The molecule has 0 amide bonds. The second-order valence-corrected chi connectivity index (χ2v) is 4.92. The van der Waals surface area contributed by atoms with Gasteiger partial charge in [0, 0.05) is 6.42 Å². The summed E-state index contributed by atoms with van der Waals surface area (Å²) in [4.78, 5) is 15.3. The van der Waals surface area contributed by atoms with Crippen molar-refractivity contribution in [2.24, 2.45) is 0 Å². The molecule has 0 bridgehead atoms. The van der Waals surface area contributed by atoms with Crippen molar-refractivity contribution >= 4 is 5.97 Å². The lowest BCUT2D eigenvalue weighted by atomic mass is 9.93. The number of rotatable bonds is 5. The van der Waals surface area contributed by atoms with Crippen molar-refractivity contribution in [3.05, 3.63) is 47.1 Å². The molecule has 1 heterocycles. The first-order valence-corrected chi connectivity index (χ1v) is 6.98. The summed E-state index contributed by atoms with van der Waals surface area (Å²) in [7, 11) is 0. The zero-order valence-corrected chi connectivity index (χ0v) is 12.6. The van der Waals surface area contributed by atoms with Gasteiger partial charge in [0.05, 0.1) is 12.2 Å². The summed E-state index contributed by atoms with van der Waals surface area (Å²) in [6.07, 6.45) is -4.35. The van der Waals surface area contributed by atoms with Crippen LogP contribution in [0.4, 0.5) is 13.2 Å². The predicted octanol–water partition coefficient (Wildman–Crippen LogP) is 3.61. The molecule has 0 spiro atoms. The van der Waals surface area contributed by atoms with Crippen molar-refractivity contribution in [2.45, 2.75) is 32.4 Å². The minimum Gasteiger partial charge on any atom is -0.460 e. The molecule has 0 aliphatic rings.